The van der Waals surface area contributed by atoms with Gasteiger partial charge in [-0.3, -0.25) is 4.79 Å². The second kappa shape index (κ2) is 8.44. The van der Waals surface area contributed by atoms with E-state index in [9.17, 15) is 4.79 Å². The van der Waals surface area contributed by atoms with Gasteiger partial charge in [-0.2, -0.15) is 0 Å². The molecule has 1 N–H and O–H groups in total. The molecule has 0 aromatic heterocycles. The largest absolute Gasteiger partial charge is 0.382 e. The summed E-state index contributed by atoms with van der Waals surface area (Å²) >= 11 is 0. The number of hydrogen-bond donors (Lipinski definition) is 1. The summed E-state index contributed by atoms with van der Waals surface area (Å²) in [4.78, 5) is 13.7. The summed E-state index contributed by atoms with van der Waals surface area (Å²) in [5.41, 5.74) is 0. The van der Waals surface area contributed by atoms with Crippen molar-refractivity contribution in [1.82, 2.24) is 10.2 Å². The first-order valence-electron chi connectivity index (χ1n) is 6.28. The van der Waals surface area contributed by atoms with Crippen LogP contribution in [0.25, 0.3) is 0 Å². The van der Waals surface area contributed by atoms with E-state index in [1.807, 2.05) is 11.9 Å². The van der Waals surface area contributed by atoms with E-state index in [2.05, 4.69) is 5.32 Å². The smallest absolute Gasteiger partial charge is 0.248 e. The van der Waals surface area contributed by atoms with Gasteiger partial charge in [0.1, 0.15) is 6.61 Å². The Balaban J connectivity index is 2.24. The van der Waals surface area contributed by atoms with E-state index in [1.165, 1.54) is 0 Å². The third-order valence-electron chi connectivity index (χ3n) is 3.14. The van der Waals surface area contributed by atoms with Crippen molar-refractivity contribution < 1.29 is 14.3 Å². The predicted molar refractivity (Wildman–Crippen MR) is 66.0 cm³/mol. The molecule has 1 amide bonds. The highest BCUT2D eigenvalue weighted by molar-refractivity contribution is 5.77. The predicted octanol–water partition coefficient (Wildman–Crippen LogP) is 0.250. The minimum Gasteiger partial charge on any atom is -0.382 e. The molecule has 100 valence electrons. The van der Waals surface area contributed by atoms with E-state index in [-0.39, 0.29) is 12.5 Å². The number of carbonyl (C=O) groups is 1. The molecule has 5 heteroatoms. The van der Waals surface area contributed by atoms with Gasteiger partial charge in [0.25, 0.3) is 0 Å². The second-order valence-electron chi connectivity index (χ2n) is 4.38. The highest BCUT2D eigenvalue weighted by Crippen LogP contribution is 2.11. The molecule has 17 heavy (non-hydrogen) atoms. The van der Waals surface area contributed by atoms with Crippen LogP contribution in [-0.4, -0.2) is 63.9 Å². The van der Waals surface area contributed by atoms with Crippen LogP contribution in [0.1, 0.15) is 19.3 Å². The normalized spacial score (nSPS) is 20.9. The minimum atomic E-state index is 0.0630. The van der Waals surface area contributed by atoms with Crippen LogP contribution in [0, 0.1) is 0 Å². The first-order chi connectivity index (χ1) is 8.25. The zero-order chi connectivity index (χ0) is 12.5. The summed E-state index contributed by atoms with van der Waals surface area (Å²) in [6.45, 7) is 3.21. The van der Waals surface area contributed by atoms with Crippen LogP contribution in [0.3, 0.4) is 0 Å². The zero-order valence-corrected chi connectivity index (χ0v) is 10.9. The Morgan fingerprint density at radius 1 is 1.35 bits per heavy atom. The van der Waals surface area contributed by atoms with E-state index in [0.717, 1.165) is 32.4 Å². The van der Waals surface area contributed by atoms with Crippen molar-refractivity contribution in [2.75, 3.05) is 47.1 Å². The molecule has 0 spiro atoms. The van der Waals surface area contributed by atoms with Crippen molar-refractivity contribution >= 4 is 5.91 Å². The number of nitrogens with zero attached hydrogens (tertiary/aromatic N) is 1. The molecule has 1 rings (SSSR count). The van der Waals surface area contributed by atoms with E-state index in [1.54, 1.807) is 7.11 Å². The van der Waals surface area contributed by atoms with Gasteiger partial charge in [-0.25, -0.2) is 0 Å². The van der Waals surface area contributed by atoms with Crippen LogP contribution in [0.15, 0.2) is 0 Å². The fraction of sp³-hybridized carbons (Fsp3) is 0.917. The lowest BCUT2D eigenvalue weighted by atomic mass is 10.1. The van der Waals surface area contributed by atoms with Crippen molar-refractivity contribution in [1.29, 1.82) is 0 Å². The molecule has 0 bridgehead atoms. The van der Waals surface area contributed by atoms with Gasteiger partial charge >= 0.3 is 0 Å². The third kappa shape index (κ3) is 5.48. The number of likely N-dealkylation sites (N-methyl/N-ethyl adjacent to an activating group) is 1. The Morgan fingerprint density at radius 3 is 2.94 bits per heavy atom. The third-order valence-corrected chi connectivity index (χ3v) is 3.14. The Kier molecular flexibility index (Phi) is 7.16. The number of rotatable bonds is 6. The molecule has 0 saturated carbocycles. The molecule has 0 aromatic rings. The zero-order valence-electron chi connectivity index (χ0n) is 10.9. The maximum atomic E-state index is 11.9. The summed E-state index contributed by atoms with van der Waals surface area (Å²) < 4.78 is 10.1. The van der Waals surface area contributed by atoms with Crippen LogP contribution in [0.2, 0.25) is 0 Å². The van der Waals surface area contributed by atoms with Crippen molar-refractivity contribution in [2.24, 2.45) is 0 Å². The standard InChI is InChI=1S/C12H24N2O3/c1-14(11-4-3-6-13-7-5-11)12(15)10-17-9-8-16-2/h11,13H,3-10H2,1-2H3. The molecule has 0 aromatic carbocycles. The Bertz CT molecular complexity index is 216. The van der Waals surface area contributed by atoms with Gasteiger partial charge in [-0.15, -0.1) is 0 Å². The van der Waals surface area contributed by atoms with Gasteiger partial charge < -0.3 is 19.7 Å². The lowest BCUT2D eigenvalue weighted by Crippen LogP contribution is -2.39. The molecule has 5 nitrogen and oxygen atoms in total. The van der Waals surface area contributed by atoms with Crippen molar-refractivity contribution in [2.45, 2.75) is 25.3 Å². The number of nitrogens with one attached hydrogen (secondary N) is 1. The number of ether oxygens (including phenoxy) is 2. The molecule has 1 fully saturated rings. The number of amides is 1. The van der Waals surface area contributed by atoms with Crippen LogP contribution >= 0.6 is 0 Å². The van der Waals surface area contributed by atoms with Gasteiger partial charge in [0.05, 0.1) is 13.2 Å². The number of methoxy groups -OCH3 is 1. The van der Waals surface area contributed by atoms with Crippen LogP contribution < -0.4 is 5.32 Å². The summed E-state index contributed by atoms with van der Waals surface area (Å²) in [5.74, 6) is 0.0630. The Labute approximate surface area is 103 Å². The average Bonchev–Trinajstić information content (AvgIpc) is 2.62. The van der Waals surface area contributed by atoms with E-state index in [4.69, 9.17) is 9.47 Å². The summed E-state index contributed by atoms with van der Waals surface area (Å²) in [6, 6.07) is 0.350. The average molecular weight is 244 g/mol. The SMILES string of the molecule is COCCOCC(=O)N(C)C1CCCNCC1. The highest BCUT2D eigenvalue weighted by atomic mass is 16.5. The molecule has 1 aliphatic rings. The molecule has 1 saturated heterocycles. The van der Waals surface area contributed by atoms with Gasteiger partial charge in [0, 0.05) is 20.2 Å². The second-order valence-corrected chi connectivity index (χ2v) is 4.38. The van der Waals surface area contributed by atoms with Crippen LogP contribution in [0.4, 0.5) is 0 Å². The molecular formula is C12H24N2O3. The van der Waals surface area contributed by atoms with Gasteiger partial charge in [-0.05, 0) is 32.4 Å². The molecule has 0 aliphatic carbocycles. The van der Waals surface area contributed by atoms with E-state index < -0.39 is 0 Å². The Morgan fingerprint density at radius 2 is 2.18 bits per heavy atom. The van der Waals surface area contributed by atoms with Gasteiger partial charge in [0.15, 0.2) is 0 Å². The summed E-state index contributed by atoms with van der Waals surface area (Å²) in [6.07, 6.45) is 3.24. The van der Waals surface area contributed by atoms with Crippen molar-refractivity contribution in [3.8, 4) is 0 Å². The van der Waals surface area contributed by atoms with Gasteiger partial charge in [-0.1, -0.05) is 0 Å². The maximum absolute atomic E-state index is 11.9. The molecule has 0 radical (unpaired) electrons. The molecule has 1 aliphatic heterocycles. The van der Waals surface area contributed by atoms with Gasteiger partial charge in [0.2, 0.25) is 5.91 Å². The van der Waals surface area contributed by atoms with Crippen LogP contribution in [-0.2, 0) is 14.3 Å². The number of hydrogen-bond acceptors (Lipinski definition) is 4. The highest BCUT2D eigenvalue weighted by Gasteiger charge is 2.20. The summed E-state index contributed by atoms with van der Waals surface area (Å²) in [7, 11) is 3.49. The molecular weight excluding hydrogens is 220 g/mol. The minimum absolute atomic E-state index is 0.0630. The van der Waals surface area contributed by atoms with Crippen molar-refractivity contribution in [3.05, 3.63) is 0 Å². The fourth-order valence-corrected chi connectivity index (χ4v) is 2.00. The molecule has 1 atom stereocenters. The van der Waals surface area contributed by atoms with E-state index in [0.29, 0.717) is 19.3 Å². The fourth-order valence-electron chi connectivity index (χ4n) is 2.00. The lowest BCUT2D eigenvalue weighted by molar-refractivity contribution is -0.137. The van der Waals surface area contributed by atoms with Crippen molar-refractivity contribution in [3.63, 3.8) is 0 Å². The molecule has 1 unspecified atom stereocenters. The van der Waals surface area contributed by atoms with Crippen LogP contribution in [0.5, 0.6) is 0 Å². The summed E-state index contributed by atoms with van der Waals surface area (Å²) in [5, 5.41) is 3.35. The Hall–Kier alpha value is -0.650. The quantitative estimate of drug-likeness (QED) is 0.681. The van der Waals surface area contributed by atoms with E-state index >= 15 is 0 Å². The lowest BCUT2D eigenvalue weighted by Gasteiger charge is -2.26. The first kappa shape index (κ1) is 14.4. The first-order valence-corrected chi connectivity index (χ1v) is 6.28. The maximum Gasteiger partial charge on any atom is 0.248 e. The monoisotopic (exact) mass is 244 g/mol. The molecule has 1 heterocycles. The topological polar surface area (TPSA) is 50.8 Å². The number of carbonyl (C=O) groups excluding carboxylic acids is 1.